The van der Waals surface area contributed by atoms with Crippen LogP contribution in [0.4, 0.5) is 0 Å². The van der Waals surface area contributed by atoms with Crippen molar-refractivity contribution in [3.05, 3.63) is 22.8 Å². The van der Waals surface area contributed by atoms with Gasteiger partial charge < -0.3 is 5.11 Å². The molecule has 0 unspecified atom stereocenters. The van der Waals surface area contributed by atoms with Crippen molar-refractivity contribution in [3.63, 3.8) is 0 Å². The monoisotopic (exact) mass is 180 g/mol. The molecule has 2 rings (SSSR count). The van der Waals surface area contributed by atoms with Crippen molar-refractivity contribution >= 4 is 28.2 Å². The van der Waals surface area contributed by atoms with Crippen molar-refractivity contribution in [3.8, 4) is 0 Å². The van der Waals surface area contributed by atoms with Crippen molar-refractivity contribution < 1.29 is 9.90 Å². The lowest BCUT2D eigenvalue weighted by atomic mass is 10.3. The fourth-order valence-electron chi connectivity index (χ4n) is 0.946. The van der Waals surface area contributed by atoms with E-state index in [0.29, 0.717) is 5.52 Å². The molecule has 60 valence electrons. The smallest absolute Gasteiger partial charge is 0.348 e. The van der Waals surface area contributed by atoms with E-state index in [1.165, 1.54) is 17.7 Å². The van der Waals surface area contributed by atoms with Gasteiger partial charge in [-0.05, 0) is 0 Å². The second-order valence-corrected chi connectivity index (χ2v) is 3.08. The van der Waals surface area contributed by atoms with E-state index in [2.05, 4.69) is 9.97 Å². The minimum absolute atomic E-state index is 0.271. The van der Waals surface area contributed by atoms with Crippen LogP contribution in [0.2, 0.25) is 0 Å². The molecule has 0 fully saturated rings. The molecular formula is C7H4N2O2S. The summed E-state index contributed by atoms with van der Waals surface area (Å²) in [6.45, 7) is 0. The number of aromatic nitrogens is 2. The average molecular weight is 180 g/mol. The third kappa shape index (κ3) is 0.947. The van der Waals surface area contributed by atoms with E-state index >= 15 is 0 Å². The van der Waals surface area contributed by atoms with Gasteiger partial charge in [0.2, 0.25) is 0 Å². The van der Waals surface area contributed by atoms with Gasteiger partial charge in [0, 0.05) is 17.0 Å². The van der Waals surface area contributed by atoms with E-state index in [1.54, 1.807) is 11.6 Å². The maximum absolute atomic E-state index is 10.6. The molecule has 0 atom stereocenters. The summed E-state index contributed by atoms with van der Waals surface area (Å²) in [5.41, 5.74) is 0.516. The van der Waals surface area contributed by atoms with Gasteiger partial charge in [-0.2, -0.15) is 0 Å². The zero-order valence-corrected chi connectivity index (χ0v) is 6.71. The molecule has 2 aromatic rings. The highest BCUT2D eigenvalue weighted by Crippen LogP contribution is 2.22. The number of thiophene rings is 1. The molecule has 0 radical (unpaired) electrons. The molecule has 5 heteroatoms. The molecule has 0 amide bonds. The van der Waals surface area contributed by atoms with Crippen LogP contribution in [0, 0.1) is 0 Å². The number of carbonyl (C=O) groups is 1. The molecule has 2 aromatic heterocycles. The summed E-state index contributed by atoms with van der Waals surface area (Å²) in [6.07, 6.45) is 2.95. The minimum Gasteiger partial charge on any atom is -0.477 e. The van der Waals surface area contributed by atoms with Crippen molar-refractivity contribution in [2.45, 2.75) is 0 Å². The molecular weight excluding hydrogens is 176 g/mol. The highest BCUT2D eigenvalue weighted by atomic mass is 32.1. The Hall–Kier alpha value is -1.49. The lowest BCUT2D eigenvalue weighted by Crippen LogP contribution is -1.93. The second kappa shape index (κ2) is 2.53. The summed E-state index contributed by atoms with van der Waals surface area (Å²) < 4.78 is 0. The standard InChI is InChI=1S/C7H4N2O2S/c10-7(11)6-5-4(2-12-6)1-8-3-9-5/h1-3H,(H,10,11). The van der Waals surface area contributed by atoms with Gasteiger partial charge in [-0.1, -0.05) is 0 Å². The van der Waals surface area contributed by atoms with Gasteiger partial charge in [-0.25, -0.2) is 14.8 Å². The third-order valence-corrected chi connectivity index (χ3v) is 2.43. The predicted molar refractivity (Wildman–Crippen MR) is 44.4 cm³/mol. The maximum Gasteiger partial charge on any atom is 0.348 e. The van der Waals surface area contributed by atoms with Gasteiger partial charge in [-0.15, -0.1) is 11.3 Å². The zero-order valence-electron chi connectivity index (χ0n) is 5.89. The van der Waals surface area contributed by atoms with Crippen LogP contribution in [-0.2, 0) is 0 Å². The summed E-state index contributed by atoms with van der Waals surface area (Å²) >= 11 is 1.17. The van der Waals surface area contributed by atoms with E-state index in [0.717, 1.165) is 5.39 Å². The van der Waals surface area contributed by atoms with Crippen LogP contribution in [0.15, 0.2) is 17.9 Å². The first-order valence-electron chi connectivity index (χ1n) is 3.19. The number of aromatic carboxylic acids is 1. The largest absolute Gasteiger partial charge is 0.477 e. The van der Waals surface area contributed by atoms with Gasteiger partial charge in [0.1, 0.15) is 11.2 Å². The Morgan fingerprint density at radius 3 is 3.17 bits per heavy atom. The van der Waals surface area contributed by atoms with Gasteiger partial charge in [0.05, 0.1) is 5.52 Å². The Labute approximate surface area is 71.5 Å². The fourth-order valence-corrected chi connectivity index (χ4v) is 1.75. The first-order chi connectivity index (χ1) is 5.79. The lowest BCUT2D eigenvalue weighted by molar-refractivity contribution is 0.0704. The molecule has 0 aliphatic rings. The first kappa shape index (κ1) is 7.17. The molecule has 1 N–H and O–H groups in total. The SMILES string of the molecule is O=C(O)c1scc2cncnc12. The summed E-state index contributed by atoms with van der Waals surface area (Å²) in [7, 11) is 0. The zero-order chi connectivity index (χ0) is 8.55. The maximum atomic E-state index is 10.6. The molecule has 12 heavy (non-hydrogen) atoms. The Bertz CT molecular complexity index is 438. The molecule has 4 nitrogen and oxygen atoms in total. The second-order valence-electron chi connectivity index (χ2n) is 2.20. The van der Waals surface area contributed by atoms with Crippen LogP contribution >= 0.6 is 11.3 Å². The Morgan fingerprint density at radius 1 is 1.58 bits per heavy atom. The Balaban J connectivity index is 2.79. The van der Waals surface area contributed by atoms with Gasteiger partial charge in [0.25, 0.3) is 0 Å². The third-order valence-electron chi connectivity index (χ3n) is 1.45. The van der Waals surface area contributed by atoms with Gasteiger partial charge >= 0.3 is 5.97 Å². The molecule has 0 aliphatic carbocycles. The predicted octanol–water partition coefficient (Wildman–Crippen LogP) is 1.39. The molecule has 0 spiro atoms. The van der Waals surface area contributed by atoms with Crippen LogP contribution in [0.5, 0.6) is 0 Å². The van der Waals surface area contributed by atoms with Crippen LogP contribution in [-0.4, -0.2) is 21.0 Å². The molecule has 2 heterocycles. The van der Waals surface area contributed by atoms with Crippen LogP contribution in [0.1, 0.15) is 9.67 Å². The van der Waals surface area contributed by atoms with E-state index in [4.69, 9.17) is 5.11 Å². The molecule has 0 saturated carbocycles. The minimum atomic E-state index is -0.936. The van der Waals surface area contributed by atoms with Crippen LogP contribution in [0.25, 0.3) is 10.9 Å². The van der Waals surface area contributed by atoms with Crippen molar-refractivity contribution in [1.82, 2.24) is 9.97 Å². The number of rotatable bonds is 1. The Morgan fingerprint density at radius 2 is 2.42 bits per heavy atom. The Kier molecular flexibility index (Phi) is 1.51. The average Bonchev–Trinajstić information content (AvgIpc) is 2.47. The van der Waals surface area contributed by atoms with Crippen LogP contribution in [0.3, 0.4) is 0 Å². The molecule has 0 bridgehead atoms. The lowest BCUT2D eigenvalue weighted by Gasteiger charge is -1.88. The van der Waals surface area contributed by atoms with Crippen molar-refractivity contribution in [2.24, 2.45) is 0 Å². The van der Waals surface area contributed by atoms with Crippen LogP contribution < -0.4 is 0 Å². The first-order valence-corrected chi connectivity index (χ1v) is 4.07. The number of fused-ring (bicyclic) bond motifs is 1. The number of hydrogen-bond donors (Lipinski definition) is 1. The summed E-state index contributed by atoms with van der Waals surface area (Å²) in [6, 6.07) is 0. The molecule has 0 aliphatic heterocycles. The molecule has 0 aromatic carbocycles. The number of nitrogens with zero attached hydrogens (tertiary/aromatic N) is 2. The van der Waals surface area contributed by atoms with Gasteiger partial charge in [0.15, 0.2) is 0 Å². The summed E-state index contributed by atoms with van der Waals surface area (Å²) in [4.78, 5) is 18.6. The van der Waals surface area contributed by atoms with Gasteiger partial charge in [-0.3, -0.25) is 0 Å². The quantitative estimate of drug-likeness (QED) is 0.720. The summed E-state index contributed by atoms with van der Waals surface area (Å²) in [5, 5.41) is 11.2. The van der Waals surface area contributed by atoms with E-state index in [-0.39, 0.29) is 4.88 Å². The van der Waals surface area contributed by atoms with E-state index < -0.39 is 5.97 Å². The number of carboxylic acid groups (broad SMARTS) is 1. The fraction of sp³-hybridized carbons (Fsp3) is 0. The highest BCUT2D eigenvalue weighted by molar-refractivity contribution is 7.13. The topological polar surface area (TPSA) is 63.1 Å². The van der Waals surface area contributed by atoms with Crippen molar-refractivity contribution in [2.75, 3.05) is 0 Å². The number of carboxylic acids is 1. The number of hydrogen-bond acceptors (Lipinski definition) is 4. The normalized spacial score (nSPS) is 10.3. The summed E-state index contributed by atoms with van der Waals surface area (Å²) in [5.74, 6) is -0.936. The van der Waals surface area contributed by atoms with E-state index in [9.17, 15) is 4.79 Å². The highest BCUT2D eigenvalue weighted by Gasteiger charge is 2.11. The van der Waals surface area contributed by atoms with E-state index in [1.807, 2.05) is 0 Å². The van der Waals surface area contributed by atoms with Crippen molar-refractivity contribution in [1.29, 1.82) is 0 Å². The molecule has 0 saturated heterocycles.